The molecule has 3 aliphatic rings. The third-order valence-corrected chi connectivity index (χ3v) is 7.10. The Morgan fingerprint density at radius 2 is 1.65 bits per heavy atom. The summed E-state index contributed by atoms with van der Waals surface area (Å²) in [5.74, 6) is 1.30. The lowest BCUT2D eigenvalue weighted by Crippen LogP contribution is -2.36. The molecular formula is C24H40O2. The van der Waals surface area contributed by atoms with Crippen molar-refractivity contribution in [2.45, 2.75) is 110 Å². The molecule has 148 valence electrons. The molecule has 0 aromatic heterocycles. The van der Waals surface area contributed by atoms with Gasteiger partial charge in [-0.05, 0) is 95.3 Å². The van der Waals surface area contributed by atoms with Crippen LogP contribution in [0.3, 0.4) is 0 Å². The molecule has 0 saturated heterocycles. The molecule has 0 heterocycles. The van der Waals surface area contributed by atoms with Crippen molar-refractivity contribution >= 4 is 0 Å². The van der Waals surface area contributed by atoms with E-state index < -0.39 is 0 Å². The molecule has 0 spiro atoms. The quantitative estimate of drug-likeness (QED) is 0.572. The van der Waals surface area contributed by atoms with Crippen LogP contribution in [0.15, 0.2) is 23.3 Å². The van der Waals surface area contributed by atoms with Gasteiger partial charge in [0.2, 0.25) is 0 Å². The van der Waals surface area contributed by atoms with Gasteiger partial charge in [0.25, 0.3) is 0 Å². The SMILES string of the molecule is C[C@H](O)C[C@H](C)O[C@H]1C[C@@H](C2=CCCCC2)[C@H](C2=CCCCC2)C1(C)C. The van der Waals surface area contributed by atoms with Crippen LogP contribution in [0.5, 0.6) is 0 Å². The second-order valence-electron chi connectivity index (χ2n) is 9.71. The number of hydrogen-bond acceptors (Lipinski definition) is 2. The van der Waals surface area contributed by atoms with Crippen LogP contribution in [0, 0.1) is 17.3 Å². The van der Waals surface area contributed by atoms with Gasteiger partial charge < -0.3 is 9.84 Å². The van der Waals surface area contributed by atoms with E-state index in [4.69, 9.17) is 4.74 Å². The second kappa shape index (κ2) is 8.61. The van der Waals surface area contributed by atoms with Crippen molar-refractivity contribution in [1.82, 2.24) is 0 Å². The van der Waals surface area contributed by atoms with E-state index in [2.05, 4.69) is 32.9 Å². The summed E-state index contributed by atoms with van der Waals surface area (Å²) in [7, 11) is 0. The molecule has 5 atom stereocenters. The Bertz CT molecular complexity index is 528. The molecular weight excluding hydrogens is 320 g/mol. The molecule has 2 nitrogen and oxygen atoms in total. The summed E-state index contributed by atoms with van der Waals surface area (Å²) < 4.78 is 6.57. The molecule has 0 unspecified atom stereocenters. The molecule has 1 saturated carbocycles. The first-order chi connectivity index (χ1) is 12.4. The summed E-state index contributed by atoms with van der Waals surface area (Å²) >= 11 is 0. The molecule has 0 aliphatic heterocycles. The number of aliphatic hydroxyl groups is 1. The summed E-state index contributed by atoms with van der Waals surface area (Å²) in [6.07, 6.45) is 17.7. The Morgan fingerprint density at radius 1 is 1.04 bits per heavy atom. The van der Waals surface area contributed by atoms with E-state index >= 15 is 0 Å². The minimum atomic E-state index is -0.289. The smallest absolute Gasteiger partial charge is 0.0641 e. The molecule has 0 aromatic carbocycles. The fraction of sp³-hybridized carbons (Fsp3) is 0.833. The largest absolute Gasteiger partial charge is 0.393 e. The lowest BCUT2D eigenvalue weighted by molar-refractivity contribution is -0.0692. The van der Waals surface area contributed by atoms with Gasteiger partial charge in [-0.2, -0.15) is 0 Å². The molecule has 2 heteroatoms. The van der Waals surface area contributed by atoms with Crippen LogP contribution in [-0.4, -0.2) is 23.4 Å². The topological polar surface area (TPSA) is 29.5 Å². The first kappa shape index (κ1) is 20.1. The molecule has 1 fully saturated rings. The fourth-order valence-corrected chi connectivity index (χ4v) is 5.88. The van der Waals surface area contributed by atoms with E-state index in [1.165, 1.54) is 51.4 Å². The van der Waals surface area contributed by atoms with Crippen molar-refractivity contribution in [3.05, 3.63) is 23.3 Å². The predicted octanol–water partition coefficient (Wildman–Crippen LogP) is 6.19. The van der Waals surface area contributed by atoms with Crippen LogP contribution in [0.4, 0.5) is 0 Å². The molecule has 0 amide bonds. The number of aliphatic hydroxyl groups excluding tert-OH is 1. The highest BCUT2D eigenvalue weighted by atomic mass is 16.5. The maximum Gasteiger partial charge on any atom is 0.0641 e. The molecule has 26 heavy (non-hydrogen) atoms. The second-order valence-corrected chi connectivity index (χ2v) is 9.71. The van der Waals surface area contributed by atoms with E-state index in [0.717, 1.165) is 12.8 Å². The Morgan fingerprint density at radius 3 is 2.19 bits per heavy atom. The average molecular weight is 361 g/mol. The average Bonchev–Trinajstić information content (AvgIpc) is 2.86. The minimum absolute atomic E-state index is 0.124. The molecule has 3 aliphatic carbocycles. The van der Waals surface area contributed by atoms with Crippen molar-refractivity contribution in [3.8, 4) is 0 Å². The zero-order valence-corrected chi connectivity index (χ0v) is 17.5. The summed E-state index contributed by atoms with van der Waals surface area (Å²) in [6.45, 7) is 8.88. The predicted molar refractivity (Wildman–Crippen MR) is 109 cm³/mol. The lowest BCUT2D eigenvalue weighted by atomic mass is 9.68. The summed E-state index contributed by atoms with van der Waals surface area (Å²) in [5.41, 5.74) is 3.60. The van der Waals surface area contributed by atoms with Crippen LogP contribution in [0.2, 0.25) is 0 Å². The van der Waals surface area contributed by atoms with Gasteiger partial charge in [-0.15, -0.1) is 0 Å². The Hall–Kier alpha value is -0.600. The van der Waals surface area contributed by atoms with Crippen LogP contribution < -0.4 is 0 Å². The van der Waals surface area contributed by atoms with E-state index in [1.807, 2.05) is 6.92 Å². The van der Waals surface area contributed by atoms with Crippen molar-refractivity contribution < 1.29 is 9.84 Å². The lowest BCUT2D eigenvalue weighted by Gasteiger charge is -2.38. The number of hydrogen-bond donors (Lipinski definition) is 1. The van der Waals surface area contributed by atoms with Gasteiger partial charge in [0.1, 0.15) is 0 Å². The number of rotatable bonds is 6. The van der Waals surface area contributed by atoms with E-state index in [1.54, 1.807) is 11.1 Å². The van der Waals surface area contributed by atoms with Crippen molar-refractivity contribution in [3.63, 3.8) is 0 Å². The first-order valence-corrected chi connectivity index (χ1v) is 11.1. The summed E-state index contributed by atoms with van der Waals surface area (Å²) in [4.78, 5) is 0. The van der Waals surface area contributed by atoms with Crippen molar-refractivity contribution in [2.75, 3.05) is 0 Å². The van der Waals surface area contributed by atoms with Gasteiger partial charge in [0, 0.05) is 0 Å². The summed E-state index contributed by atoms with van der Waals surface area (Å²) in [6, 6.07) is 0. The van der Waals surface area contributed by atoms with Gasteiger partial charge in [0.05, 0.1) is 18.3 Å². The van der Waals surface area contributed by atoms with Gasteiger partial charge in [-0.3, -0.25) is 0 Å². The van der Waals surface area contributed by atoms with E-state index in [9.17, 15) is 5.11 Å². The third-order valence-electron chi connectivity index (χ3n) is 7.10. The molecule has 1 N–H and O–H groups in total. The third kappa shape index (κ3) is 4.44. The minimum Gasteiger partial charge on any atom is -0.393 e. The van der Waals surface area contributed by atoms with E-state index in [0.29, 0.717) is 11.8 Å². The monoisotopic (exact) mass is 360 g/mol. The fourth-order valence-electron chi connectivity index (χ4n) is 5.88. The normalized spacial score (nSPS) is 34.1. The Labute approximate surface area is 161 Å². The summed E-state index contributed by atoms with van der Waals surface area (Å²) in [5, 5.41) is 9.74. The molecule has 0 aromatic rings. The zero-order chi connectivity index (χ0) is 18.7. The van der Waals surface area contributed by atoms with Crippen molar-refractivity contribution in [1.29, 1.82) is 0 Å². The van der Waals surface area contributed by atoms with Gasteiger partial charge in [-0.25, -0.2) is 0 Å². The van der Waals surface area contributed by atoms with Crippen molar-refractivity contribution in [2.24, 2.45) is 17.3 Å². The Balaban J connectivity index is 1.84. The van der Waals surface area contributed by atoms with E-state index in [-0.39, 0.29) is 23.7 Å². The maximum absolute atomic E-state index is 9.74. The highest BCUT2D eigenvalue weighted by Gasteiger charge is 2.52. The Kier molecular flexibility index (Phi) is 6.67. The van der Waals surface area contributed by atoms with Gasteiger partial charge >= 0.3 is 0 Å². The maximum atomic E-state index is 9.74. The standard InChI is InChI=1S/C24H40O2/c1-17(25)15-18(2)26-22-16-21(19-11-7-5-8-12-19)23(24(22,3)4)20-13-9-6-10-14-20/h11,13,17-18,21-23,25H,5-10,12,14-16H2,1-4H3/t17-,18-,21-,22-,23-/m0/s1. The van der Waals surface area contributed by atoms with Gasteiger partial charge in [-0.1, -0.05) is 37.1 Å². The molecule has 0 radical (unpaired) electrons. The van der Waals surface area contributed by atoms with Crippen LogP contribution in [-0.2, 0) is 4.74 Å². The number of allylic oxidation sites excluding steroid dienone is 4. The van der Waals surface area contributed by atoms with Gasteiger partial charge in [0.15, 0.2) is 0 Å². The molecule has 0 bridgehead atoms. The first-order valence-electron chi connectivity index (χ1n) is 11.1. The highest BCUT2D eigenvalue weighted by Crippen LogP contribution is 2.56. The van der Waals surface area contributed by atoms with Crippen LogP contribution in [0.1, 0.15) is 91.9 Å². The zero-order valence-electron chi connectivity index (χ0n) is 17.5. The van der Waals surface area contributed by atoms with Crippen LogP contribution >= 0.6 is 0 Å². The number of ether oxygens (including phenoxy) is 1. The molecule has 3 rings (SSSR count). The highest BCUT2D eigenvalue weighted by molar-refractivity contribution is 5.26. The van der Waals surface area contributed by atoms with Crippen LogP contribution in [0.25, 0.3) is 0 Å².